The molecule has 0 spiro atoms. The number of carbonyl (C=O) groups excluding carboxylic acids is 1. The van der Waals surface area contributed by atoms with Crippen molar-refractivity contribution in [2.75, 3.05) is 26.5 Å². The van der Waals surface area contributed by atoms with Gasteiger partial charge in [0.2, 0.25) is 0 Å². The molecule has 1 aromatic carbocycles. The molecule has 1 aromatic rings. The van der Waals surface area contributed by atoms with Crippen LogP contribution in [-0.4, -0.2) is 37.3 Å². The molecule has 0 heterocycles. The lowest BCUT2D eigenvalue weighted by Gasteiger charge is -2.15. The molecule has 1 rings (SSSR count). The molecular formula is C12H19N3OS. The first-order valence-corrected chi connectivity index (χ1v) is 6.48. The standard InChI is InChI=1S/C12H19N3OS/c1-15(2)12(16)10-5-3-9(4-6-10)11(7-13)17-8-14/h3-6,11H,7-8,13-14H2,1-2H3. The van der Waals surface area contributed by atoms with E-state index >= 15 is 0 Å². The maximum absolute atomic E-state index is 11.7. The number of benzene rings is 1. The van der Waals surface area contributed by atoms with E-state index in [-0.39, 0.29) is 11.2 Å². The van der Waals surface area contributed by atoms with E-state index in [1.807, 2.05) is 24.3 Å². The summed E-state index contributed by atoms with van der Waals surface area (Å²) < 4.78 is 0. The largest absolute Gasteiger partial charge is 0.345 e. The van der Waals surface area contributed by atoms with Gasteiger partial charge in [0, 0.05) is 37.3 Å². The first-order valence-electron chi connectivity index (χ1n) is 5.43. The van der Waals surface area contributed by atoms with Gasteiger partial charge in [-0.2, -0.15) is 0 Å². The van der Waals surface area contributed by atoms with E-state index in [2.05, 4.69) is 0 Å². The lowest BCUT2D eigenvalue weighted by atomic mass is 10.1. The highest BCUT2D eigenvalue weighted by molar-refractivity contribution is 7.99. The summed E-state index contributed by atoms with van der Waals surface area (Å²) in [5.74, 6) is 0.549. The summed E-state index contributed by atoms with van der Waals surface area (Å²) in [6.07, 6.45) is 0. The Morgan fingerprint density at radius 3 is 2.29 bits per heavy atom. The van der Waals surface area contributed by atoms with Gasteiger partial charge in [-0.15, -0.1) is 11.8 Å². The number of thioether (sulfide) groups is 1. The molecule has 0 aliphatic carbocycles. The average Bonchev–Trinajstić information content (AvgIpc) is 2.35. The smallest absolute Gasteiger partial charge is 0.253 e. The van der Waals surface area contributed by atoms with E-state index in [0.29, 0.717) is 18.0 Å². The normalized spacial score (nSPS) is 12.2. The van der Waals surface area contributed by atoms with E-state index in [9.17, 15) is 4.79 Å². The lowest BCUT2D eigenvalue weighted by Crippen LogP contribution is -2.21. The Balaban J connectivity index is 2.83. The zero-order valence-corrected chi connectivity index (χ0v) is 11.0. The third-order valence-corrected chi connectivity index (χ3v) is 3.51. The highest BCUT2D eigenvalue weighted by atomic mass is 32.2. The van der Waals surface area contributed by atoms with Crippen LogP contribution in [0, 0.1) is 0 Å². The van der Waals surface area contributed by atoms with Gasteiger partial charge in [-0.3, -0.25) is 4.79 Å². The summed E-state index contributed by atoms with van der Waals surface area (Å²) >= 11 is 1.61. The van der Waals surface area contributed by atoms with Crippen molar-refractivity contribution in [1.82, 2.24) is 4.90 Å². The van der Waals surface area contributed by atoms with Crippen LogP contribution >= 0.6 is 11.8 Å². The molecule has 0 saturated carbocycles. The van der Waals surface area contributed by atoms with Crippen molar-refractivity contribution < 1.29 is 4.79 Å². The second kappa shape index (κ2) is 6.64. The fourth-order valence-electron chi connectivity index (χ4n) is 1.52. The van der Waals surface area contributed by atoms with Crippen LogP contribution in [0.5, 0.6) is 0 Å². The predicted molar refractivity (Wildman–Crippen MR) is 72.9 cm³/mol. The van der Waals surface area contributed by atoms with Crippen LogP contribution in [0.1, 0.15) is 21.2 Å². The number of nitrogens with zero attached hydrogens (tertiary/aromatic N) is 1. The van der Waals surface area contributed by atoms with E-state index < -0.39 is 0 Å². The molecule has 0 aromatic heterocycles. The molecule has 1 unspecified atom stereocenters. The molecule has 0 aliphatic rings. The molecule has 94 valence electrons. The second-order valence-corrected chi connectivity index (χ2v) is 5.11. The molecule has 0 bridgehead atoms. The highest BCUT2D eigenvalue weighted by Gasteiger charge is 2.11. The van der Waals surface area contributed by atoms with Crippen molar-refractivity contribution in [3.8, 4) is 0 Å². The number of rotatable bonds is 5. The topological polar surface area (TPSA) is 72.3 Å². The fourth-order valence-corrected chi connectivity index (χ4v) is 2.23. The minimum absolute atomic E-state index is 0.00678. The van der Waals surface area contributed by atoms with E-state index in [0.717, 1.165) is 5.56 Å². The van der Waals surface area contributed by atoms with Crippen molar-refractivity contribution in [3.63, 3.8) is 0 Å². The summed E-state index contributed by atoms with van der Waals surface area (Å²) in [5, 5.41) is 0.198. The van der Waals surface area contributed by atoms with Gasteiger partial charge in [0.1, 0.15) is 0 Å². The SMILES string of the molecule is CN(C)C(=O)c1ccc(C(CN)SCN)cc1. The van der Waals surface area contributed by atoms with Crippen LogP contribution < -0.4 is 11.5 Å². The average molecular weight is 253 g/mol. The van der Waals surface area contributed by atoms with Crippen LogP contribution in [0.2, 0.25) is 0 Å². The van der Waals surface area contributed by atoms with Crippen molar-refractivity contribution in [1.29, 1.82) is 0 Å². The third kappa shape index (κ3) is 3.73. The van der Waals surface area contributed by atoms with Gasteiger partial charge in [0.05, 0.1) is 0 Å². The monoisotopic (exact) mass is 253 g/mol. The maximum atomic E-state index is 11.7. The van der Waals surface area contributed by atoms with E-state index in [1.165, 1.54) is 0 Å². The van der Waals surface area contributed by atoms with E-state index in [4.69, 9.17) is 11.5 Å². The summed E-state index contributed by atoms with van der Waals surface area (Å²) in [7, 11) is 3.48. The first kappa shape index (κ1) is 14.0. The molecule has 0 aliphatic heterocycles. The minimum Gasteiger partial charge on any atom is -0.345 e. The zero-order chi connectivity index (χ0) is 12.8. The van der Waals surface area contributed by atoms with Gasteiger partial charge in [0.25, 0.3) is 5.91 Å². The summed E-state index contributed by atoms with van der Waals surface area (Å²) in [4.78, 5) is 13.3. The Morgan fingerprint density at radius 2 is 1.88 bits per heavy atom. The molecule has 1 amide bonds. The molecule has 4 N–H and O–H groups in total. The number of hydrogen-bond acceptors (Lipinski definition) is 4. The summed E-state index contributed by atoms with van der Waals surface area (Å²) in [5.41, 5.74) is 13.0. The van der Waals surface area contributed by atoms with Crippen LogP contribution in [0.4, 0.5) is 0 Å². The molecule has 4 nitrogen and oxygen atoms in total. The van der Waals surface area contributed by atoms with Gasteiger partial charge in [-0.05, 0) is 17.7 Å². The lowest BCUT2D eigenvalue weighted by molar-refractivity contribution is 0.0827. The second-order valence-electron chi connectivity index (χ2n) is 3.88. The minimum atomic E-state index is 0.00678. The first-order chi connectivity index (χ1) is 8.10. The number of carbonyl (C=O) groups is 1. The number of nitrogens with two attached hydrogens (primary N) is 2. The van der Waals surface area contributed by atoms with Crippen molar-refractivity contribution in [3.05, 3.63) is 35.4 Å². The summed E-state index contributed by atoms with van der Waals surface area (Å²) in [6.45, 7) is 0.544. The fraction of sp³-hybridized carbons (Fsp3) is 0.417. The highest BCUT2D eigenvalue weighted by Crippen LogP contribution is 2.26. The third-order valence-electron chi connectivity index (χ3n) is 2.45. The Hall–Kier alpha value is -1.04. The van der Waals surface area contributed by atoms with Crippen molar-refractivity contribution in [2.24, 2.45) is 11.5 Å². The van der Waals surface area contributed by atoms with Gasteiger partial charge in [0.15, 0.2) is 0 Å². The quantitative estimate of drug-likeness (QED) is 0.769. The van der Waals surface area contributed by atoms with Gasteiger partial charge in [-0.25, -0.2) is 0 Å². The number of amides is 1. The Kier molecular flexibility index (Phi) is 5.47. The molecule has 0 fully saturated rings. The van der Waals surface area contributed by atoms with Crippen LogP contribution in [0.15, 0.2) is 24.3 Å². The van der Waals surface area contributed by atoms with Crippen molar-refractivity contribution in [2.45, 2.75) is 5.25 Å². The summed E-state index contributed by atoms with van der Waals surface area (Å²) in [6, 6.07) is 7.54. The van der Waals surface area contributed by atoms with Crippen LogP contribution in [-0.2, 0) is 0 Å². The van der Waals surface area contributed by atoms with Crippen molar-refractivity contribution >= 4 is 17.7 Å². The van der Waals surface area contributed by atoms with Gasteiger partial charge in [-0.1, -0.05) is 12.1 Å². The Labute approximate surface area is 106 Å². The van der Waals surface area contributed by atoms with Crippen LogP contribution in [0.25, 0.3) is 0 Å². The van der Waals surface area contributed by atoms with Gasteiger partial charge < -0.3 is 16.4 Å². The zero-order valence-electron chi connectivity index (χ0n) is 10.2. The predicted octanol–water partition coefficient (Wildman–Crippen LogP) is 1.04. The molecule has 5 heteroatoms. The molecule has 17 heavy (non-hydrogen) atoms. The van der Waals surface area contributed by atoms with Gasteiger partial charge >= 0.3 is 0 Å². The molecular weight excluding hydrogens is 234 g/mol. The molecule has 0 saturated heterocycles. The van der Waals surface area contributed by atoms with Crippen LogP contribution in [0.3, 0.4) is 0 Å². The van der Waals surface area contributed by atoms with E-state index in [1.54, 1.807) is 30.8 Å². The number of hydrogen-bond donors (Lipinski definition) is 2. The maximum Gasteiger partial charge on any atom is 0.253 e. The Morgan fingerprint density at radius 1 is 1.29 bits per heavy atom. The Bertz CT molecular complexity index is 365. The molecule has 1 atom stereocenters. The molecule has 0 radical (unpaired) electrons.